The van der Waals surface area contributed by atoms with E-state index in [4.69, 9.17) is 14.7 Å². The summed E-state index contributed by atoms with van der Waals surface area (Å²) in [6.07, 6.45) is 4.40. The van der Waals surface area contributed by atoms with Gasteiger partial charge in [0.2, 0.25) is 0 Å². The Morgan fingerprint density at radius 1 is 0.974 bits per heavy atom. The van der Waals surface area contributed by atoms with Crippen molar-refractivity contribution < 1.29 is 17.9 Å². The summed E-state index contributed by atoms with van der Waals surface area (Å²) in [4.78, 5) is 17.7. The number of benzene rings is 1. The first-order valence-corrected chi connectivity index (χ1v) is 13.8. The molecule has 2 aromatic heterocycles. The summed E-state index contributed by atoms with van der Waals surface area (Å²) in [5.41, 5.74) is 4.45. The molecule has 1 aromatic carbocycles. The SMILES string of the molecule is CN1CCCc2ccc(Nc3nc(OC4CCCC4)nc4c3CCN(c3ncccc3C(F)(F)F)CC4)cc21. The lowest BCUT2D eigenvalue weighted by molar-refractivity contribution is -0.137. The van der Waals surface area contributed by atoms with Crippen molar-refractivity contribution in [3.05, 3.63) is 58.9 Å². The summed E-state index contributed by atoms with van der Waals surface area (Å²) >= 11 is 0. The quantitative estimate of drug-likeness (QED) is 0.431. The van der Waals surface area contributed by atoms with E-state index in [-0.39, 0.29) is 11.9 Å². The molecular weight excluding hydrogens is 505 g/mol. The molecule has 0 radical (unpaired) electrons. The Balaban J connectivity index is 1.33. The number of aryl methyl sites for hydroxylation is 1. The Kier molecular flexibility index (Phi) is 6.95. The molecule has 0 unspecified atom stereocenters. The predicted octanol–water partition coefficient (Wildman–Crippen LogP) is 5.94. The number of hydrogen-bond donors (Lipinski definition) is 1. The van der Waals surface area contributed by atoms with Crippen LogP contribution in [0.4, 0.5) is 36.2 Å². The van der Waals surface area contributed by atoms with E-state index in [2.05, 4.69) is 40.4 Å². The van der Waals surface area contributed by atoms with Crippen molar-refractivity contribution in [3.8, 4) is 6.01 Å². The molecule has 1 aliphatic carbocycles. The molecule has 1 saturated carbocycles. The number of nitrogens with zero attached hydrogens (tertiary/aromatic N) is 5. The van der Waals surface area contributed by atoms with Crippen LogP contribution in [0.15, 0.2) is 36.5 Å². The number of alkyl halides is 3. The molecule has 1 fully saturated rings. The molecule has 39 heavy (non-hydrogen) atoms. The summed E-state index contributed by atoms with van der Waals surface area (Å²) in [7, 11) is 2.10. The van der Waals surface area contributed by atoms with Gasteiger partial charge in [0.05, 0.1) is 11.3 Å². The highest BCUT2D eigenvalue weighted by Gasteiger charge is 2.36. The van der Waals surface area contributed by atoms with Crippen LogP contribution in [0.3, 0.4) is 0 Å². The number of pyridine rings is 1. The minimum Gasteiger partial charge on any atom is -0.460 e. The molecule has 7 nitrogen and oxygen atoms in total. The van der Waals surface area contributed by atoms with Crippen molar-refractivity contribution in [2.45, 2.75) is 63.6 Å². The lowest BCUT2D eigenvalue weighted by Gasteiger charge is -2.28. The highest BCUT2D eigenvalue weighted by molar-refractivity contribution is 5.69. The molecule has 3 aliphatic rings. The van der Waals surface area contributed by atoms with Crippen molar-refractivity contribution in [3.63, 3.8) is 0 Å². The molecule has 2 aliphatic heterocycles. The summed E-state index contributed by atoms with van der Waals surface area (Å²) < 4.78 is 47.4. The van der Waals surface area contributed by atoms with E-state index < -0.39 is 11.7 Å². The first kappa shape index (κ1) is 25.7. The summed E-state index contributed by atoms with van der Waals surface area (Å²) in [6, 6.07) is 9.12. The molecule has 0 saturated heterocycles. The number of halogens is 3. The second-order valence-corrected chi connectivity index (χ2v) is 10.7. The highest BCUT2D eigenvalue weighted by Crippen LogP contribution is 2.37. The Morgan fingerprint density at radius 2 is 1.79 bits per heavy atom. The van der Waals surface area contributed by atoms with Gasteiger partial charge in [-0.1, -0.05) is 6.07 Å². The van der Waals surface area contributed by atoms with E-state index in [0.717, 1.165) is 68.1 Å². The molecular formula is C29H33F3N6O. The maximum absolute atomic E-state index is 13.7. The lowest BCUT2D eigenvalue weighted by atomic mass is 10.0. The first-order valence-electron chi connectivity index (χ1n) is 13.8. The van der Waals surface area contributed by atoms with E-state index >= 15 is 0 Å². The fourth-order valence-electron chi connectivity index (χ4n) is 5.94. The molecule has 10 heteroatoms. The van der Waals surface area contributed by atoms with Gasteiger partial charge in [-0.25, -0.2) is 4.98 Å². The molecule has 3 aromatic rings. The summed E-state index contributed by atoms with van der Waals surface area (Å²) in [6.45, 7) is 1.76. The summed E-state index contributed by atoms with van der Waals surface area (Å²) in [5, 5.41) is 3.51. The third-order valence-corrected chi connectivity index (χ3v) is 7.99. The fraction of sp³-hybridized carbons (Fsp3) is 0.483. The molecule has 0 atom stereocenters. The van der Waals surface area contributed by atoms with E-state index in [9.17, 15) is 13.2 Å². The minimum atomic E-state index is -4.48. The van der Waals surface area contributed by atoms with Crippen LogP contribution in [0.5, 0.6) is 6.01 Å². The van der Waals surface area contributed by atoms with Crippen LogP contribution in [0.25, 0.3) is 0 Å². The number of rotatable bonds is 5. The van der Waals surface area contributed by atoms with Crippen LogP contribution in [0, 0.1) is 0 Å². The number of anilines is 4. The second-order valence-electron chi connectivity index (χ2n) is 10.7. The molecule has 4 heterocycles. The maximum Gasteiger partial charge on any atom is 0.419 e. The molecule has 0 bridgehead atoms. The summed E-state index contributed by atoms with van der Waals surface area (Å²) in [5.74, 6) is 0.616. The van der Waals surface area contributed by atoms with E-state index in [0.29, 0.717) is 37.8 Å². The molecule has 0 spiro atoms. The van der Waals surface area contributed by atoms with Crippen molar-refractivity contribution in [2.75, 3.05) is 41.8 Å². The molecule has 6 rings (SSSR count). The Morgan fingerprint density at radius 3 is 2.62 bits per heavy atom. The van der Waals surface area contributed by atoms with Crippen LogP contribution in [-0.2, 0) is 25.4 Å². The van der Waals surface area contributed by atoms with Crippen LogP contribution in [0.2, 0.25) is 0 Å². The van der Waals surface area contributed by atoms with E-state index in [1.165, 1.54) is 23.5 Å². The van der Waals surface area contributed by atoms with Crippen LogP contribution in [-0.4, -0.2) is 47.7 Å². The van der Waals surface area contributed by atoms with Gasteiger partial charge in [-0.15, -0.1) is 0 Å². The fourth-order valence-corrected chi connectivity index (χ4v) is 5.94. The van der Waals surface area contributed by atoms with Gasteiger partial charge >= 0.3 is 12.2 Å². The second kappa shape index (κ2) is 10.5. The largest absolute Gasteiger partial charge is 0.460 e. The third kappa shape index (κ3) is 5.46. The average molecular weight is 539 g/mol. The van der Waals surface area contributed by atoms with Crippen LogP contribution < -0.4 is 19.9 Å². The topological polar surface area (TPSA) is 66.4 Å². The van der Waals surface area contributed by atoms with Gasteiger partial charge in [0, 0.05) is 56.2 Å². The average Bonchev–Trinajstić information content (AvgIpc) is 3.33. The molecule has 0 amide bonds. The van der Waals surface area contributed by atoms with Gasteiger partial charge in [-0.2, -0.15) is 23.1 Å². The Bertz CT molecular complexity index is 1340. The molecule has 1 N–H and O–H groups in total. The van der Waals surface area contributed by atoms with Gasteiger partial charge in [0.15, 0.2) is 0 Å². The standard InChI is InChI=1S/C29H33F3N6O/c1-37-15-5-6-19-10-11-20(18-25(19)37)34-26-22-12-16-38(27-23(29(30,31)32)9-4-14-33-27)17-13-24(22)35-28(36-26)39-21-7-2-3-8-21/h4,9-11,14,18,21H,2-3,5-8,12-13,15-17H2,1H3,(H,34,35,36). The van der Waals surface area contributed by atoms with Crippen molar-refractivity contribution in [2.24, 2.45) is 0 Å². The normalized spacial score (nSPS) is 17.9. The van der Waals surface area contributed by atoms with Crippen molar-refractivity contribution in [1.82, 2.24) is 15.0 Å². The van der Waals surface area contributed by atoms with E-state index in [1.807, 2.05) is 0 Å². The lowest BCUT2D eigenvalue weighted by Crippen LogP contribution is -2.29. The zero-order chi connectivity index (χ0) is 27.0. The zero-order valence-electron chi connectivity index (χ0n) is 22.1. The van der Waals surface area contributed by atoms with Crippen LogP contribution in [0.1, 0.15) is 54.5 Å². The van der Waals surface area contributed by atoms with E-state index in [1.54, 1.807) is 4.90 Å². The Hall–Kier alpha value is -3.56. The van der Waals surface area contributed by atoms with Crippen LogP contribution >= 0.6 is 0 Å². The third-order valence-electron chi connectivity index (χ3n) is 7.99. The van der Waals surface area contributed by atoms with Gasteiger partial charge in [-0.3, -0.25) is 0 Å². The molecule has 206 valence electrons. The predicted molar refractivity (Wildman–Crippen MR) is 145 cm³/mol. The number of hydrogen-bond acceptors (Lipinski definition) is 7. The maximum atomic E-state index is 13.7. The van der Waals surface area contributed by atoms with Gasteiger partial charge < -0.3 is 19.9 Å². The number of aromatic nitrogens is 3. The van der Waals surface area contributed by atoms with Crippen molar-refractivity contribution in [1.29, 1.82) is 0 Å². The number of ether oxygens (including phenoxy) is 1. The highest BCUT2D eigenvalue weighted by atomic mass is 19.4. The number of nitrogens with one attached hydrogen (secondary N) is 1. The van der Waals surface area contributed by atoms with Crippen molar-refractivity contribution >= 4 is 23.0 Å². The number of fused-ring (bicyclic) bond motifs is 2. The van der Waals surface area contributed by atoms with Gasteiger partial charge in [-0.05, 0) is 74.8 Å². The first-order chi connectivity index (χ1) is 18.8. The smallest absolute Gasteiger partial charge is 0.419 e. The monoisotopic (exact) mass is 538 g/mol. The van der Waals surface area contributed by atoms with Gasteiger partial charge in [0.25, 0.3) is 0 Å². The van der Waals surface area contributed by atoms with Gasteiger partial charge in [0.1, 0.15) is 17.7 Å². The zero-order valence-corrected chi connectivity index (χ0v) is 22.1. The Labute approximate surface area is 226 Å². The minimum absolute atomic E-state index is 0.0413.